The van der Waals surface area contributed by atoms with Crippen molar-refractivity contribution in [2.75, 3.05) is 34.2 Å². The second kappa shape index (κ2) is 7.54. The van der Waals surface area contributed by atoms with Crippen LogP contribution in [0, 0.1) is 12.8 Å². The maximum absolute atomic E-state index is 12.3. The lowest BCUT2D eigenvalue weighted by Gasteiger charge is -2.33. The number of hydrogen-bond acceptors (Lipinski definition) is 5. The van der Waals surface area contributed by atoms with Crippen molar-refractivity contribution in [2.24, 2.45) is 5.92 Å². The summed E-state index contributed by atoms with van der Waals surface area (Å²) in [6.07, 6.45) is 2.40. The summed E-state index contributed by atoms with van der Waals surface area (Å²) in [6.45, 7) is 2.77. The van der Waals surface area contributed by atoms with E-state index in [9.17, 15) is 13.2 Å². The van der Waals surface area contributed by atoms with Gasteiger partial charge in [0.1, 0.15) is 11.5 Å². The van der Waals surface area contributed by atoms with E-state index < -0.39 is 10.2 Å². The molecule has 1 aliphatic rings. The zero-order valence-corrected chi connectivity index (χ0v) is 15.4. The van der Waals surface area contributed by atoms with E-state index in [1.807, 2.05) is 0 Å². The number of nitrogens with one attached hydrogen (secondary N) is 1. The van der Waals surface area contributed by atoms with Gasteiger partial charge in [0.2, 0.25) is 0 Å². The molecule has 24 heavy (non-hydrogen) atoms. The molecule has 2 heterocycles. The number of carbonyl (C=O) groups excluding carboxylic acids is 1. The standard InChI is InChI=1S/C15H25N5O3S/c1-11-17-13(9-14(18-11)15(21)16-2)8-12-6-5-7-20(10-12)24(22,23)19(3)4/h9,12H,5-8,10H2,1-4H3,(H,16,21)/t12-/m0/s1. The van der Waals surface area contributed by atoms with Crippen molar-refractivity contribution >= 4 is 16.1 Å². The van der Waals surface area contributed by atoms with Crippen LogP contribution in [-0.4, -0.2) is 67.1 Å². The summed E-state index contributed by atoms with van der Waals surface area (Å²) < 4.78 is 27.4. The van der Waals surface area contributed by atoms with E-state index in [0.29, 0.717) is 31.0 Å². The molecule has 134 valence electrons. The van der Waals surface area contributed by atoms with Gasteiger partial charge in [0.25, 0.3) is 16.1 Å². The van der Waals surface area contributed by atoms with Crippen LogP contribution in [0.3, 0.4) is 0 Å². The first-order chi connectivity index (χ1) is 11.2. The van der Waals surface area contributed by atoms with Gasteiger partial charge in [0.05, 0.1) is 0 Å². The van der Waals surface area contributed by atoms with Crippen molar-refractivity contribution in [1.82, 2.24) is 23.9 Å². The highest BCUT2D eigenvalue weighted by atomic mass is 32.2. The number of hydrogen-bond donors (Lipinski definition) is 1. The molecule has 1 amide bonds. The van der Waals surface area contributed by atoms with Gasteiger partial charge in [0.15, 0.2) is 0 Å². The molecule has 1 aromatic heterocycles. The summed E-state index contributed by atoms with van der Waals surface area (Å²) in [7, 11) is 1.26. The van der Waals surface area contributed by atoms with Crippen LogP contribution in [0.2, 0.25) is 0 Å². The lowest BCUT2D eigenvalue weighted by molar-refractivity contribution is 0.0957. The van der Waals surface area contributed by atoms with Crippen LogP contribution in [0.25, 0.3) is 0 Å². The van der Waals surface area contributed by atoms with Crippen LogP contribution in [0.5, 0.6) is 0 Å². The molecule has 0 aliphatic carbocycles. The Morgan fingerprint density at radius 2 is 2.12 bits per heavy atom. The lowest BCUT2D eigenvalue weighted by Crippen LogP contribution is -2.45. The van der Waals surface area contributed by atoms with E-state index >= 15 is 0 Å². The fourth-order valence-electron chi connectivity index (χ4n) is 2.91. The molecular formula is C15H25N5O3S. The third-order valence-corrected chi connectivity index (χ3v) is 6.03. The van der Waals surface area contributed by atoms with E-state index in [4.69, 9.17) is 0 Å². The SMILES string of the molecule is CNC(=O)c1cc(C[C@@H]2CCCN(S(=O)(=O)N(C)C)C2)nc(C)n1. The van der Waals surface area contributed by atoms with Crippen LogP contribution >= 0.6 is 0 Å². The summed E-state index contributed by atoms with van der Waals surface area (Å²) in [5.41, 5.74) is 1.11. The summed E-state index contributed by atoms with van der Waals surface area (Å²) in [5.74, 6) is 0.474. The molecule has 0 spiro atoms. The number of carbonyl (C=O) groups is 1. The number of rotatable bonds is 5. The Bertz CT molecular complexity index is 705. The Morgan fingerprint density at radius 3 is 2.75 bits per heavy atom. The van der Waals surface area contributed by atoms with Crippen LogP contribution in [0.1, 0.15) is 34.8 Å². The van der Waals surface area contributed by atoms with Gasteiger partial charge in [-0.2, -0.15) is 17.0 Å². The topological polar surface area (TPSA) is 95.5 Å². The number of amides is 1. The molecule has 0 saturated carbocycles. The molecule has 2 rings (SSSR count). The predicted octanol–water partition coefficient (Wildman–Crippen LogP) is 0.206. The van der Waals surface area contributed by atoms with Gasteiger partial charge in [-0.15, -0.1) is 0 Å². The highest BCUT2D eigenvalue weighted by molar-refractivity contribution is 7.86. The van der Waals surface area contributed by atoms with E-state index in [2.05, 4.69) is 15.3 Å². The smallest absolute Gasteiger partial charge is 0.281 e. The highest BCUT2D eigenvalue weighted by Gasteiger charge is 2.30. The van der Waals surface area contributed by atoms with Crippen molar-refractivity contribution in [1.29, 1.82) is 0 Å². The predicted molar refractivity (Wildman–Crippen MR) is 90.8 cm³/mol. The lowest BCUT2D eigenvalue weighted by atomic mass is 9.94. The first-order valence-corrected chi connectivity index (χ1v) is 9.38. The first kappa shape index (κ1) is 18.8. The second-order valence-corrected chi connectivity index (χ2v) is 8.37. The number of nitrogens with zero attached hydrogens (tertiary/aromatic N) is 4. The molecule has 1 aromatic rings. The average Bonchev–Trinajstić information content (AvgIpc) is 2.53. The monoisotopic (exact) mass is 355 g/mol. The van der Waals surface area contributed by atoms with Gasteiger partial charge < -0.3 is 5.32 Å². The molecule has 1 N–H and O–H groups in total. The number of piperidine rings is 1. The minimum Gasteiger partial charge on any atom is -0.354 e. The minimum absolute atomic E-state index is 0.181. The second-order valence-electron chi connectivity index (χ2n) is 6.23. The van der Waals surface area contributed by atoms with E-state index in [-0.39, 0.29) is 11.8 Å². The minimum atomic E-state index is -3.39. The summed E-state index contributed by atoms with van der Waals surface area (Å²) in [4.78, 5) is 20.3. The molecule has 0 unspecified atom stereocenters. The van der Waals surface area contributed by atoms with Crippen molar-refractivity contribution in [2.45, 2.75) is 26.2 Å². The Kier molecular flexibility index (Phi) is 5.89. The molecule has 1 aliphatic heterocycles. The van der Waals surface area contributed by atoms with Crippen LogP contribution < -0.4 is 5.32 Å². The Balaban J connectivity index is 2.14. The van der Waals surface area contributed by atoms with Gasteiger partial charge in [-0.1, -0.05) is 0 Å². The normalized spacial score (nSPS) is 19.5. The van der Waals surface area contributed by atoms with Crippen molar-refractivity contribution < 1.29 is 13.2 Å². The molecular weight excluding hydrogens is 330 g/mol. The zero-order chi connectivity index (χ0) is 17.9. The fourth-order valence-corrected chi connectivity index (χ4v) is 4.13. The molecule has 1 fully saturated rings. The Hall–Kier alpha value is -1.58. The van der Waals surface area contributed by atoms with Crippen LogP contribution in [0.15, 0.2) is 6.07 Å². The molecule has 8 nitrogen and oxygen atoms in total. The molecule has 1 saturated heterocycles. The highest BCUT2D eigenvalue weighted by Crippen LogP contribution is 2.23. The third kappa shape index (κ3) is 4.28. The Labute approximate surface area is 143 Å². The van der Waals surface area contributed by atoms with E-state index in [1.54, 1.807) is 34.1 Å². The summed E-state index contributed by atoms with van der Waals surface area (Å²) in [5, 5.41) is 2.56. The Morgan fingerprint density at radius 1 is 1.42 bits per heavy atom. The maximum atomic E-state index is 12.3. The van der Waals surface area contributed by atoms with Crippen molar-refractivity contribution in [3.8, 4) is 0 Å². The largest absolute Gasteiger partial charge is 0.354 e. The van der Waals surface area contributed by atoms with Gasteiger partial charge >= 0.3 is 0 Å². The molecule has 1 atom stereocenters. The van der Waals surface area contributed by atoms with Gasteiger partial charge in [-0.05, 0) is 38.2 Å². The van der Waals surface area contributed by atoms with E-state index in [1.165, 1.54) is 8.61 Å². The first-order valence-electron chi connectivity index (χ1n) is 7.98. The molecule has 0 bridgehead atoms. The quantitative estimate of drug-likeness (QED) is 0.814. The number of aromatic nitrogens is 2. The average molecular weight is 355 g/mol. The summed E-state index contributed by atoms with van der Waals surface area (Å²) >= 11 is 0. The third-order valence-electron chi connectivity index (χ3n) is 4.12. The molecule has 9 heteroatoms. The van der Waals surface area contributed by atoms with Crippen LogP contribution in [-0.2, 0) is 16.6 Å². The van der Waals surface area contributed by atoms with Gasteiger partial charge in [-0.25, -0.2) is 9.97 Å². The van der Waals surface area contributed by atoms with E-state index in [0.717, 1.165) is 18.5 Å². The fraction of sp³-hybridized carbons (Fsp3) is 0.667. The van der Waals surface area contributed by atoms with Crippen molar-refractivity contribution in [3.05, 3.63) is 23.3 Å². The molecule has 0 radical (unpaired) electrons. The van der Waals surface area contributed by atoms with Gasteiger partial charge in [-0.3, -0.25) is 4.79 Å². The van der Waals surface area contributed by atoms with Gasteiger partial charge in [0, 0.05) is 39.9 Å². The zero-order valence-electron chi connectivity index (χ0n) is 14.6. The molecule has 0 aromatic carbocycles. The van der Waals surface area contributed by atoms with Crippen molar-refractivity contribution in [3.63, 3.8) is 0 Å². The maximum Gasteiger partial charge on any atom is 0.281 e. The summed E-state index contributed by atoms with van der Waals surface area (Å²) in [6, 6.07) is 1.69. The van der Waals surface area contributed by atoms with Crippen LogP contribution in [0.4, 0.5) is 0 Å². The number of aryl methyl sites for hydroxylation is 1.